The van der Waals surface area contributed by atoms with Gasteiger partial charge in [-0.05, 0) is 37.8 Å². The molecule has 0 saturated carbocycles. The maximum absolute atomic E-state index is 12.0. The fourth-order valence-corrected chi connectivity index (χ4v) is 2.03. The van der Waals surface area contributed by atoms with Gasteiger partial charge in [0.1, 0.15) is 5.82 Å². The molecule has 7 heteroatoms. The Hall–Kier alpha value is -2.15. The Kier molecular flexibility index (Phi) is 11.0. The lowest BCUT2D eigenvalue weighted by Gasteiger charge is -2.11. The molecule has 7 nitrogen and oxygen atoms in total. The first-order valence-corrected chi connectivity index (χ1v) is 9.33. The van der Waals surface area contributed by atoms with Crippen LogP contribution in [0.1, 0.15) is 39.2 Å². The largest absolute Gasteiger partial charge is 0.380 e. The van der Waals surface area contributed by atoms with Crippen molar-refractivity contribution in [2.45, 2.75) is 40.5 Å². The number of pyridine rings is 1. The Morgan fingerprint density at radius 1 is 1.27 bits per heavy atom. The van der Waals surface area contributed by atoms with Crippen LogP contribution in [0.4, 0.5) is 5.82 Å². The maximum atomic E-state index is 12.0. The van der Waals surface area contributed by atoms with E-state index in [1.807, 2.05) is 19.9 Å². The van der Waals surface area contributed by atoms with Crippen molar-refractivity contribution in [3.63, 3.8) is 0 Å². The van der Waals surface area contributed by atoms with Crippen molar-refractivity contribution in [1.82, 2.24) is 15.6 Å². The summed E-state index contributed by atoms with van der Waals surface area (Å²) in [5.41, 5.74) is 1.06. The summed E-state index contributed by atoms with van der Waals surface area (Å²) in [6, 6.07) is 3.71. The molecule has 0 saturated heterocycles. The number of rotatable bonds is 11. The Balaban J connectivity index is 2.25. The number of hydrogen-bond acceptors (Lipinski definition) is 4. The van der Waals surface area contributed by atoms with Crippen LogP contribution < -0.4 is 16.0 Å². The van der Waals surface area contributed by atoms with Crippen molar-refractivity contribution in [2.75, 3.05) is 38.2 Å². The average molecular weight is 364 g/mol. The summed E-state index contributed by atoms with van der Waals surface area (Å²) < 4.78 is 5.56. The molecule has 0 aliphatic rings. The first-order valence-electron chi connectivity index (χ1n) is 9.33. The molecule has 1 aromatic heterocycles. The number of aromatic nitrogens is 1. The summed E-state index contributed by atoms with van der Waals surface area (Å²) in [4.78, 5) is 20.6. The lowest BCUT2D eigenvalue weighted by Crippen LogP contribution is -2.39. The molecule has 0 aromatic carbocycles. The van der Waals surface area contributed by atoms with E-state index in [2.05, 4.69) is 39.8 Å². The number of nitrogens with one attached hydrogen (secondary N) is 3. The Bertz CT molecular complexity index is 543. The van der Waals surface area contributed by atoms with Crippen LogP contribution in [0.15, 0.2) is 23.3 Å². The summed E-state index contributed by atoms with van der Waals surface area (Å²) in [5.74, 6) is 1.83. The van der Waals surface area contributed by atoms with Crippen molar-refractivity contribution in [2.24, 2.45) is 10.9 Å². The zero-order chi connectivity index (χ0) is 19.2. The topological polar surface area (TPSA) is 87.6 Å². The molecule has 0 unspecified atom stereocenters. The molecule has 146 valence electrons. The molecule has 1 amide bonds. The van der Waals surface area contributed by atoms with Gasteiger partial charge in [0.25, 0.3) is 0 Å². The molecule has 1 heterocycles. The van der Waals surface area contributed by atoms with Crippen molar-refractivity contribution >= 4 is 17.7 Å². The Morgan fingerprint density at radius 2 is 2.08 bits per heavy atom. The first-order chi connectivity index (χ1) is 12.5. The van der Waals surface area contributed by atoms with Gasteiger partial charge in [-0.2, -0.15) is 0 Å². The van der Waals surface area contributed by atoms with E-state index >= 15 is 0 Å². The van der Waals surface area contributed by atoms with Gasteiger partial charge >= 0.3 is 0 Å². The van der Waals surface area contributed by atoms with Crippen LogP contribution in [0.25, 0.3) is 0 Å². The Labute approximate surface area is 157 Å². The highest BCUT2D eigenvalue weighted by Gasteiger charge is 2.04. The van der Waals surface area contributed by atoms with E-state index in [0.717, 1.165) is 25.1 Å². The number of guanidine groups is 1. The number of anilines is 1. The van der Waals surface area contributed by atoms with Gasteiger partial charge in [-0.15, -0.1) is 0 Å². The third-order valence-electron chi connectivity index (χ3n) is 3.51. The van der Waals surface area contributed by atoms with Crippen LogP contribution in [-0.2, 0) is 9.53 Å². The van der Waals surface area contributed by atoms with E-state index in [4.69, 9.17) is 4.74 Å². The smallest absolute Gasteiger partial charge is 0.227 e. The number of amides is 1. The summed E-state index contributed by atoms with van der Waals surface area (Å²) in [5, 5.41) is 9.10. The second-order valence-electron chi connectivity index (χ2n) is 6.50. The quantitative estimate of drug-likeness (QED) is 0.319. The highest BCUT2D eigenvalue weighted by molar-refractivity contribution is 5.90. The first kappa shape index (κ1) is 21.9. The van der Waals surface area contributed by atoms with E-state index in [1.54, 1.807) is 12.3 Å². The summed E-state index contributed by atoms with van der Waals surface area (Å²) in [6.45, 7) is 11.5. The molecular weight excluding hydrogens is 330 g/mol. The number of carbonyl (C=O) groups is 1. The van der Waals surface area contributed by atoms with Crippen molar-refractivity contribution in [1.29, 1.82) is 0 Å². The minimum atomic E-state index is -0.0817. The summed E-state index contributed by atoms with van der Waals surface area (Å²) >= 11 is 0. The highest BCUT2D eigenvalue weighted by atomic mass is 16.5. The van der Waals surface area contributed by atoms with Gasteiger partial charge < -0.3 is 20.7 Å². The molecule has 0 fully saturated rings. The number of hydrogen-bond donors (Lipinski definition) is 3. The van der Waals surface area contributed by atoms with Gasteiger partial charge in [0.05, 0.1) is 13.2 Å². The molecule has 3 N–H and O–H groups in total. The van der Waals surface area contributed by atoms with Gasteiger partial charge in [0.15, 0.2) is 5.96 Å². The van der Waals surface area contributed by atoms with Crippen molar-refractivity contribution in [3.8, 4) is 0 Å². The average Bonchev–Trinajstić information content (AvgIpc) is 2.59. The monoisotopic (exact) mass is 363 g/mol. The van der Waals surface area contributed by atoms with E-state index in [9.17, 15) is 4.79 Å². The fraction of sp³-hybridized carbons (Fsp3) is 0.632. The van der Waals surface area contributed by atoms with Crippen molar-refractivity contribution in [3.05, 3.63) is 23.9 Å². The summed E-state index contributed by atoms with van der Waals surface area (Å²) in [7, 11) is 0. The highest BCUT2D eigenvalue weighted by Crippen LogP contribution is 2.04. The lowest BCUT2D eigenvalue weighted by molar-refractivity contribution is -0.116. The van der Waals surface area contributed by atoms with E-state index in [1.165, 1.54) is 0 Å². The van der Waals surface area contributed by atoms with Gasteiger partial charge in [-0.3, -0.25) is 9.79 Å². The molecule has 26 heavy (non-hydrogen) atoms. The van der Waals surface area contributed by atoms with Gasteiger partial charge in [-0.25, -0.2) is 4.98 Å². The zero-order valence-electron chi connectivity index (χ0n) is 16.5. The molecule has 1 rings (SSSR count). The van der Waals surface area contributed by atoms with Crippen LogP contribution in [0, 0.1) is 12.8 Å². The summed E-state index contributed by atoms with van der Waals surface area (Å²) in [6.07, 6.45) is 3.13. The molecule has 0 atom stereocenters. The zero-order valence-corrected chi connectivity index (χ0v) is 16.5. The molecule has 1 aromatic rings. The Morgan fingerprint density at radius 3 is 2.73 bits per heavy atom. The molecule has 0 aliphatic carbocycles. The van der Waals surface area contributed by atoms with Crippen LogP contribution in [0.2, 0.25) is 0 Å². The number of aliphatic imine (C=N–C) groups is 1. The van der Waals surface area contributed by atoms with Gasteiger partial charge in [-0.1, -0.05) is 19.9 Å². The predicted molar refractivity (Wildman–Crippen MR) is 106 cm³/mol. The van der Waals surface area contributed by atoms with Crippen LogP contribution in [0.5, 0.6) is 0 Å². The van der Waals surface area contributed by atoms with Gasteiger partial charge in [0, 0.05) is 32.3 Å². The molecule has 0 aliphatic heterocycles. The predicted octanol–water partition coefficient (Wildman–Crippen LogP) is 2.34. The van der Waals surface area contributed by atoms with Crippen LogP contribution in [0.3, 0.4) is 0 Å². The number of ether oxygens (including phenoxy) is 1. The molecule has 0 spiro atoms. The van der Waals surface area contributed by atoms with Crippen LogP contribution in [-0.4, -0.2) is 49.7 Å². The normalized spacial score (nSPS) is 11.5. The minimum Gasteiger partial charge on any atom is -0.380 e. The lowest BCUT2D eigenvalue weighted by atomic mass is 10.1. The van der Waals surface area contributed by atoms with E-state index < -0.39 is 0 Å². The van der Waals surface area contributed by atoms with E-state index in [0.29, 0.717) is 43.8 Å². The van der Waals surface area contributed by atoms with Crippen LogP contribution >= 0.6 is 0 Å². The number of aryl methyl sites for hydroxylation is 1. The molecule has 0 bridgehead atoms. The minimum absolute atomic E-state index is 0.0817. The second kappa shape index (κ2) is 13.1. The standard InChI is InChI=1S/C19H33N5O2/c1-5-20-19(22-11-13-26-12-9-15(2)3)21-10-8-18(25)24-17-7-6-16(4)14-23-17/h6-7,14-15H,5,8-13H2,1-4H3,(H2,20,21,22)(H,23,24,25). The maximum Gasteiger partial charge on any atom is 0.227 e. The van der Waals surface area contributed by atoms with Gasteiger partial charge in [0.2, 0.25) is 5.91 Å². The number of carbonyl (C=O) groups excluding carboxylic acids is 1. The second-order valence-corrected chi connectivity index (χ2v) is 6.50. The molecular formula is C19H33N5O2. The van der Waals surface area contributed by atoms with E-state index in [-0.39, 0.29) is 5.91 Å². The van der Waals surface area contributed by atoms with Crippen molar-refractivity contribution < 1.29 is 9.53 Å². The third-order valence-corrected chi connectivity index (χ3v) is 3.51. The third kappa shape index (κ3) is 10.7. The fourth-order valence-electron chi connectivity index (χ4n) is 2.03. The number of nitrogens with zero attached hydrogens (tertiary/aromatic N) is 2. The SMILES string of the molecule is CCNC(=NCCOCCC(C)C)NCCC(=O)Nc1ccc(C)cn1. The molecule has 0 radical (unpaired) electrons.